The van der Waals surface area contributed by atoms with Crippen molar-refractivity contribution in [1.82, 2.24) is 5.32 Å². The van der Waals surface area contributed by atoms with E-state index >= 15 is 0 Å². The van der Waals surface area contributed by atoms with Crippen LogP contribution in [0.2, 0.25) is 0 Å². The summed E-state index contributed by atoms with van der Waals surface area (Å²) in [4.78, 5) is 0. The average molecular weight is 161 g/mol. The molecule has 3 nitrogen and oxygen atoms in total. The molecule has 0 aromatic carbocycles. The van der Waals surface area contributed by atoms with E-state index in [9.17, 15) is 0 Å². The summed E-state index contributed by atoms with van der Waals surface area (Å²) in [7, 11) is 0. The minimum absolute atomic E-state index is 0.257. The average Bonchev–Trinajstić information content (AvgIpc) is 1.96. The van der Waals surface area contributed by atoms with Gasteiger partial charge >= 0.3 is 0 Å². The molecule has 0 aliphatic rings. The van der Waals surface area contributed by atoms with E-state index in [-0.39, 0.29) is 12.7 Å². The highest BCUT2D eigenvalue weighted by molar-refractivity contribution is 4.52. The maximum absolute atomic E-state index is 8.85. The molecule has 11 heavy (non-hydrogen) atoms. The van der Waals surface area contributed by atoms with Gasteiger partial charge in [0.15, 0.2) is 0 Å². The summed E-state index contributed by atoms with van der Waals surface area (Å²) >= 11 is 0. The first-order valence-electron chi connectivity index (χ1n) is 4.27. The minimum Gasteiger partial charge on any atom is -0.396 e. The Hall–Kier alpha value is -0.120. The number of rotatable bonds is 7. The van der Waals surface area contributed by atoms with Crippen LogP contribution in [-0.4, -0.2) is 36.0 Å². The van der Waals surface area contributed by atoms with Gasteiger partial charge in [0.25, 0.3) is 0 Å². The summed E-state index contributed by atoms with van der Waals surface area (Å²) in [5.41, 5.74) is 0. The van der Waals surface area contributed by atoms with Crippen molar-refractivity contribution in [3.05, 3.63) is 0 Å². The SMILES string of the molecule is C[C@@H](O)CNCCCCCO. The predicted octanol–water partition coefficient (Wildman–Crippen LogP) is 0.119. The van der Waals surface area contributed by atoms with E-state index in [2.05, 4.69) is 5.32 Å². The lowest BCUT2D eigenvalue weighted by Gasteiger charge is -2.05. The molecule has 1 atom stereocenters. The fraction of sp³-hybridized carbons (Fsp3) is 1.00. The third kappa shape index (κ3) is 9.88. The summed E-state index contributed by atoms with van der Waals surface area (Å²) < 4.78 is 0. The smallest absolute Gasteiger partial charge is 0.0636 e. The van der Waals surface area contributed by atoms with Crippen molar-refractivity contribution in [3.63, 3.8) is 0 Å². The Labute approximate surface area is 68.4 Å². The molecular formula is C8H19NO2. The molecule has 0 radical (unpaired) electrons. The van der Waals surface area contributed by atoms with Gasteiger partial charge in [-0.2, -0.15) is 0 Å². The Bertz CT molecular complexity index is 76.5. The zero-order valence-corrected chi connectivity index (χ0v) is 7.21. The standard InChI is InChI=1S/C8H19NO2/c1-8(11)7-9-5-3-2-4-6-10/h8-11H,2-7H2,1H3/t8-/m1/s1. The molecule has 0 aliphatic carbocycles. The summed E-state index contributed by atoms with van der Waals surface area (Å²) in [5, 5.41) is 20.4. The lowest BCUT2D eigenvalue weighted by Crippen LogP contribution is -2.25. The highest BCUT2D eigenvalue weighted by Gasteiger charge is 1.92. The molecule has 0 saturated heterocycles. The van der Waals surface area contributed by atoms with Crippen LogP contribution in [0.15, 0.2) is 0 Å². The second-order valence-electron chi connectivity index (χ2n) is 2.84. The van der Waals surface area contributed by atoms with Crippen LogP contribution in [0.5, 0.6) is 0 Å². The lowest BCUT2D eigenvalue weighted by atomic mass is 10.2. The lowest BCUT2D eigenvalue weighted by molar-refractivity contribution is 0.191. The van der Waals surface area contributed by atoms with Gasteiger partial charge in [-0.15, -0.1) is 0 Å². The molecule has 0 aliphatic heterocycles. The van der Waals surface area contributed by atoms with Crippen LogP contribution in [-0.2, 0) is 0 Å². The molecule has 0 aromatic rings. The van der Waals surface area contributed by atoms with Crippen molar-refractivity contribution in [2.24, 2.45) is 0 Å². The van der Waals surface area contributed by atoms with Gasteiger partial charge < -0.3 is 15.5 Å². The summed E-state index contributed by atoms with van der Waals surface area (Å²) in [5.74, 6) is 0. The second-order valence-corrected chi connectivity index (χ2v) is 2.84. The Balaban J connectivity index is 2.80. The second kappa shape index (κ2) is 7.98. The highest BCUT2D eigenvalue weighted by atomic mass is 16.3. The monoisotopic (exact) mass is 161 g/mol. The van der Waals surface area contributed by atoms with Crippen molar-refractivity contribution in [2.45, 2.75) is 32.3 Å². The Morgan fingerprint density at radius 2 is 2.00 bits per heavy atom. The number of hydrogen-bond acceptors (Lipinski definition) is 3. The zero-order chi connectivity index (χ0) is 8.53. The Morgan fingerprint density at radius 1 is 1.27 bits per heavy atom. The van der Waals surface area contributed by atoms with Gasteiger partial charge in [0.1, 0.15) is 0 Å². The maximum atomic E-state index is 8.85. The van der Waals surface area contributed by atoms with Gasteiger partial charge in [-0.1, -0.05) is 0 Å². The van der Waals surface area contributed by atoms with E-state index in [4.69, 9.17) is 10.2 Å². The highest BCUT2D eigenvalue weighted by Crippen LogP contribution is 1.91. The van der Waals surface area contributed by atoms with Gasteiger partial charge in [0, 0.05) is 13.2 Å². The molecule has 0 fully saturated rings. The first-order chi connectivity index (χ1) is 5.27. The number of aliphatic hydroxyl groups is 2. The molecule has 3 N–H and O–H groups in total. The van der Waals surface area contributed by atoms with Crippen LogP contribution in [0.3, 0.4) is 0 Å². The minimum atomic E-state index is -0.257. The molecule has 0 aromatic heterocycles. The predicted molar refractivity (Wildman–Crippen MR) is 45.5 cm³/mol. The van der Waals surface area contributed by atoms with Crippen molar-refractivity contribution in [1.29, 1.82) is 0 Å². The van der Waals surface area contributed by atoms with Gasteiger partial charge in [-0.25, -0.2) is 0 Å². The summed E-state index contributed by atoms with van der Waals surface area (Å²) in [6.07, 6.45) is 2.76. The maximum Gasteiger partial charge on any atom is 0.0636 e. The normalized spacial score (nSPS) is 13.4. The summed E-state index contributed by atoms with van der Waals surface area (Å²) in [6.45, 7) is 3.65. The van der Waals surface area contributed by atoms with Gasteiger partial charge in [-0.3, -0.25) is 0 Å². The van der Waals surface area contributed by atoms with Crippen LogP contribution in [0, 0.1) is 0 Å². The number of aliphatic hydroxyl groups excluding tert-OH is 2. The van der Waals surface area contributed by atoms with Gasteiger partial charge in [0.05, 0.1) is 6.10 Å². The van der Waals surface area contributed by atoms with Crippen LogP contribution in [0.25, 0.3) is 0 Å². The van der Waals surface area contributed by atoms with Crippen LogP contribution in [0.4, 0.5) is 0 Å². The van der Waals surface area contributed by atoms with E-state index in [0.29, 0.717) is 6.54 Å². The largest absolute Gasteiger partial charge is 0.396 e. The third-order valence-corrected chi connectivity index (χ3v) is 1.45. The Morgan fingerprint density at radius 3 is 2.55 bits per heavy atom. The molecule has 3 heteroatoms. The van der Waals surface area contributed by atoms with E-state index < -0.39 is 0 Å². The Kier molecular flexibility index (Phi) is 7.89. The van der Waals surface area contributed by atoms with Crippen LogP contribution < -0.4 is 5.32 Å². The number of nitrogens with one attached hydrogen (secondary N) is 1. The van der Waals surface area contributed by atoms with Gasteiger partial charge in [-0.05, 0) is 32.7 Å². The molecule has 0 amide bonds. The number of unbranched alkanes of at least 4 members (excludes halogenated alkanes) is 2. The first-order valence-corrected chi connectivity index (χ1v) is 4.27. The number of hydrogen-bond donors (Lipinski definition) is 3. The fourth-order valence-corrected chi connectivity index (χ4v) is 0.850. The topological polar surface area (TPSA) is 52.5 Å². The van der Waals surface area contributed by atoms with Crippen molar-refractivity contribution in [2.75, 3.05) is 19.7 Å². The van der Waals surface area contributed by atoms with E-state index in [1.54, 1.807) is 6.92 Å². The van der Waals surface area contributed by atoms with E-state index in [1.807, 2.05) is 0 Å². The van der Waals surface area contributed by atoms with Crippen LogP contribution in [0.1, 0.15) is 26.2 Å². The van der Waals surface area contributed by atoms with Crippen molar-refractivity contribution in [3.8, 4) is 0 Å². The van der Waals surface area contributed by atoms with Crippen LogP contribution >= 0.6 is 0 Å². The molecule has 0 rings (SSSR count). The third-order valence-electron chi connectivity index (χ3n) is 1.45. The van der Waals surface area contributed by atoms with Crippen molar-refractivity contribution < 1.29 is 10.2 Å². The quantitative estimate of drug-likeness (QED) is 0.465. The van der Waals surface area contributed by atoms with Crippen molar-refractivity contribution >= 4 is 0 Å². The molecule has 0 heterocycles. The molecule has 0 spiro atoms. The summed E-state index contributed by atoms with van der Waals surface area (Å²) in [6, 6.07) is 0. The molecular weight excluding hydrogens is 142 g/mol. The van der Waals surface area contributed by atoms with E-state index in [1.165, 1.54) is 0 Å². The molecule has 68 valence electrons. The van der Waals surface area contributed by atoms with Gasteiger partial charge in [0.2, 0.25) is 0 Å². The first kappa shape index (κ1) is 10.9. The van der Waals surface area contributed by atoms with E-state index in [0.717, 1.165) is 25.8 Å². The molecule has 0 unspecified atom stereocenters. The zero-order valence-electron chi connectivity index (χ0n) is 7.21. The molecule has 0 bridgehead atoms. The fourth-order valence-electron chi connectivity index (χ4n) is 0.850. The molecule has 0 saturated carbocycles.